The van der Waals surface area contributed by atoms with Crippen molar-refractivity contribution in [1.82, 2.24) is 9.92 Å². The largest absolute Gasteiger partial charge is 0.526 e. The molecule has 1 amide bonds. The van der Waals surface area contributed by atoms with Gasteiger partial charge in [-0.25, -0.2) is 0 Å². The molecule has 0 heterocycles. The summed E-state index contributed by atoms with van der Waals surface area (Å²) in [5.41, 5.74) is 6.36. The van der Waals surface area contributed by atoms with Crippen molar-refractivity contribution in [2.24, 2.45) is 5.22 Å². The second kappa shape index (κ2) is 5.22. The Morgan fingerprint density at radius 2 is 2.50 bits per heavy atom. The first-order valence-corrected chi connectivity index (χ1v) is 3.22. The molecule has 1 atom stereocenters. The van der Waals surface area contributed by atoms with E-state index in [2.05, 4.69) is 10.1 Å². The van der Waals surface area contributed by atoms with Crippen molar-refractivity contribution >= 4 is 6.09 Å². The summed E-state index contributed by atoms with van der Waals surface area (Å²) in [7, 11) is 1.45. The van der Waals surface area contributed by atoms with Crippen molar-refractivity contribution in [3.05, 3.63) is 0 Å². The highest BCUT2D eigenvalue weighted by Crippen LogP contribution is 1.99. The molecule has 0 aliphatic rings. The molecule has 0 aliphatic heterocycles. The van der Waals surface area contributed by atoms with E-state index in [9.17, 15) is 4.79 Å². The SMILES string of the molecule is COCC(C)N(N=[N+]=N)C(=O)O. The minimum Gasteiger partial charge on any atom is -0.445 e. The van der Waals surface area contributed by atoms with Gasteiger partial charge >= 0.3 is 6.09 Å². The summed E-state index contributed by atoms with van der Waals surface area (Å²) < 4.78 is 4.71. The molecule has 0 rings (SSSR count). The van der Waals surface area contributed by atoms with Gasteiger partial charge in [-0.05, 0) is 17.5 Å². The molecule has 0 aromatic carbocycles. The second-order valence-corrected chi connectivity index (χ2v) is 2.12. The van der Waals surface area contributed by atoms with Crippen LogP contribution in [0.2, 0.25) is 0 Å². The van der Waals surface area contributed by atoms with E-state index in [-0.39, 0.29) is 6.61 Å². The molecule has 7 heteroatoms. The van der Waals surface area contributed by atoms with Crippen LogP contribution in [0.25, 0.3) is 0 Å². The Kier molecular flexibility index (Phi) is 4.59. The third-order valence-corrected chi connectivity index (χ3v) is 1.16. The van der Waals surface area contributed by atoms with E-state index in [1.807, 2.05) is 0 Å². The fourth-order valence-electron chi connectivity index (χ4n) is 0.675. The van der Waals surface area contributed by atoms with Gasteiger partial charge in [-0.15, -0.1) is 0 Å². The van der Waals surface area contributed by atoms with Gasteiger partial charge in [0.2, 0.25) is 5.22 Å². The predicted octanol–water partition coefficient (Wildman–Crippen LogP) is 0.467. The molecule has 0 saturated heterocycles. The Hall–Kier alpha value is -1.46. The molecule has 12 heavy (non-hydrogen) atoms. The number of carboxylic acid groups (broad SMARTS) is 1. The van der Waals surface area contributed by atoms with Gasteiger partial charge in [-0.1, -0.05) is 0 Å². The van der Waals surface area contributed by atoms with Gasteiger partial charge in [0.1, 0.15) is 0 Å². The van der Waals surface area contributed by atoms with Gasteiger partial charge in [0.15, 0.2) is 6.04 Å². The van der Waals surface area contributed by atoms with E-state index in [4.69, 9.17) is 15.4 Å². The van der Waals surface area contributed by atoms with Gasteiger partial charge in [0.05, 0.1) is 11.5 Å². The maximum absolute atomic E-state index is 10.4. The molecule has 0 radical (unpaired) electrons. The zero-order valence-electron chi connectivity index (χ0n) is 6.89. The lowest BCUT2D eigenvalue weighted by molar-refractivity contribution is 0.0822. The molecule has 0 bridgehead atoms. The second-order valence-electron chi connectivity index (χ2n) is 2.12. The quantitative estimate of drug-likeness (QED) is 0.369. The maximum Gasteiger partial charge on any atom is 0.526 e. The lowest BCUT2D eigenvalue weighted by Gasteiger charge is -2.08. The highest BCUT2D eigenvalue weighted by molar-refractivity contribution is 5.64. The van der Waals surface area contributed by atoms with Crippen LogP contribution in [0.5, 0.6) is 0 Å². The number of ether oxygens (including phenoxy) is 1. The van der Waals surface area contributed by atoms with Crippen LogP contribution in [0.1, 0.15) is 6.92 Å². The maximum atomic E-state index is 10.4. The minimum atomic E-state index is -1.25. The van der Waals surface area contributed by atoms with Crippen molar-refractivity contribution in [3.63, 3.8) is 0 Å². The lowest BCUT2D eigenvalue weighted by atomic mass is 10.4. The van der Waals surface area contributed by atoms with Crippen molar-refractivity contribution in [1.29, 1.82) is 5.53 Å². The minimum absolute atomic E-state index is 0.214. The molecule has 0 aromatic heterocycles. The molecular weight excluding hydrogens is 164 g/mol. The van der Waals surface area contributed by atoms with Crippen LogP contribution in [0.15, 0.2) is 5.22 Å². The molecule has 1 unspecified atom stereocenters. The average molecular weight is 175 g/mol. The van der Waals surface area contributed by atoms with Gasteiger partial charge in [-0.3, -0.25) is 0 Å². The van der Waals surface area contributed by atoms with Crippen LogP contribution in [-0.2, 0) is 4.74 Å². The number of rotatable bonds is 4. The van der Waals surface area contributed by atoms with Gasteiger partial charge in [0.25, 0.3) is 0 Å². The molecule has 0 aliphatic carbocycles. The van der Waals surface area contributed by atoms with Crippen LogP contribution < -0.4 is 4.91 Å². The van der Waals surface area contributed by atoms with Crippen LogP contribution in [0, 0.1) is 5.53 Å². The molecule has 7 nitrogen and oxygen atoms in total. The molecular formula is C5H11N4O3+. The fourth-order valence-corrected chi connectivity index (χ4v) is 0.675. The Bertz CT molecular complexity index is 199. The standard InChI is InChI=1S/C5H10N4O3/c1-4(3-12-2)9(5(10)11)8-7-6/h4,6H,3H2,1-2H3/p+1. The van der Waals surface area contributed by atoms with Crippen molar-refractivity contribution in [3.8, 4) is 0 Å². The van der Waals surface area contributed by atoms with Crippen molar-refractivity contribution in [2.45, 2.75) is 13.0 Å². The summed E-state index contributed by atoms with van der Waals surface area (Å²) in [5, 5.41) is 12.3. The fraction of sp³-hybridized carbons (Fsp3) is 0.800. The van der Waals surface area contributed by atoms with Crippen LogP contribution in [0.3, 0.4) is 0 Å². The van der Waals surface area contributed by atoms with Crippen LogP contribution in [0.4, 0.5) is 4.79 Å². The smallest absolute Gasteiger partial charge is 0.445 e. The molecule has 2 N–H and O–H groups in total. The zero-order valence-corrected chi connectivity index (χ0v) is 6.89. The number of nitrogens with one attached hydrogen (secondary N) is 1. The van der Waals surface area contributed by atoms with Crippen molar-refractivity contribution in [2.75, 3.05) is 13.7 Å². The first-order valence-electron chi connectivity index (χ1n) is 3.22. The average Bonchev–Trinajstić information content (AvgIpc) is 1.99. The van der Waals surface area contributed by atoms with Gasteiger partial charge in [0, 0.05) is 7.11 Å². The summed E-state index contributed by atoms with van der Waals surface area (Å²) in [5.74, 6) is 0. The summed E-state index contributed by atoms with van der Waals surface area (Å²) in [6, 6.07) is -0.443. The molecule has 68 valence electrons. The Morgan fingerprint density at radius 1 is 1.92 bits per heavy atom. The van der Waals surface area contributed by atoms with Gasteiger partial charge < -0.3 is 9.84 Å². The normalized spacial score (nSPS) is 11.5. The number of nitrogens with zero attached hydrogens (tertiary/aromatic N) is 3. The summed E-state index contributed by atoms with van der Waals surface area (Å²) in [4.78, 5) is 13.1. The summed E-state index contributed by atoms with van der Waals surface area (Å²) >= 11 is 0. The summed E-state index contributed by atoms with van der Waals surface area (Å²) in [6.07, 6.45) is -1.25. The third-order valence-electron chi connectivity index (χ3n) is 1.16. The first kappa shape index (κ1) is 10.5. The van der Waals surface area contributed by atoms with E-state index < -0.39 is 12.1 Å². The number of hydrogen-bond donors (Lipinski definition) is 2. The first-order chi connectivity index (χ1) is 5.63. The van der Waals surface area contributed by atoms with E-state index in [1.54, 1.807) is 6.92 Å². The van der Waals surface area contributed by atoms with Crippen molar-refractivity contribution < 1.29 is 14.6 Å². The summed E-state index contributed by atoms with van der Waals surface area (Å²) in [6.45, 7) is 1.82. The number of hydrogen-bond acceptors (Lipinski definition) is 4. The Labute approximate surface area is 69.1 Å². The Morgan fingerprint density at radius 3 is 2.83 bits per heavy atom. The van der Waals surface area contributed by atoms with E-state index in [0.717, 1.165) is 0 Å². The van der Waals surface area contributed by atoms with Gasteiger partial charge in [-0.2, -0.15) is 4.79 Å². The highest BCUT2D eigenvalue weighted by Gasteiger charge is 2.28. The third kappa shape index (κ3) is 3.09. The highest BCUT2D eigenvalue weighted by atomic mass is 16.5. The van der Waals surface area contributed by atoms with E-state index in [1.165, 1.54) is 7.11 Å². The molecule has 0 aromatic rings. The number of carbonyl (C=O) groups is 1. The van der Waals surface area contributed by atoms with E-state index >= 15 is 0 Å². The molecule has 0 fully saturated rings. The zero-order chi connectivity index (χ0) is 9.56. The van der Waals surface area contributed by atoms with Crippen LogP contribution in [-0.4, -0.2) is 36.0 Å². The van der Waals surface area contributed by atoms with Crippen LogP contribution >= 0.6 is 0 Å². The predicted molar refractivity (Wildman–Crippen MR) is 38.5 cm³/mol. The Balaban J connectivity index is 4.28. The number of amides is 1. The topological polar surface area (TPSA) is 100 Å². The van der Waals surface area contributed by atoms with E-state index in [0.29, 0.717) is 5.01 Å². The monoisotopic (exact) mass is 175 g/mol. The molecule has 0 saturated carbocycles. The molecule has 0 spiro atoms. The number of methoxy groups -OCH3 is 1. The lowest BCUT2D eigenvalue weighted by Crippen LogP contribution is -2.36.